The van der Waals surface area contributed by atoms with Crippen LogP contribution in [-0.4, -0.2) is 43.4 Å². The van der Waals surface area contributed by atoms with Gasteiger partial charge >= 0.3 is 0 Å². The molecule has 0 unspecified atom stereocenters. The van der Waals surface area contributed by atoms with Gasteiger partial charge in [-0.3, -0.25) is 9.79 Å². The zero-order valence-electron chi connectivity index (χ0n) is 13.9. The number of hydrogen-bond donors (Lipinski definition) is 2. The van der Waals surface area contributed by atoms with Crippen molar-refractivity contribution in [3.05, 3.63) is 35.9 Å². The smallest absolute Gasteiger partial charge is 0.223 e. The highest BCUT2D eigenvalue weighted by molar-refractivity contribution is 14.0. The summed E-state index contributed by atoms with van der Waals surface area (Å²) in [5, 5.41) is 6.23. The molecule has 1 aromatic rings. The van der Waals surface area contributed by atoms with Crippen molar-refractivity contribution in [2.45, 2.75) is 26.3 Å². The van der Waals surface area contributed by atoms with Gasteiger partial charge in [0.2, 0.25) is 5.91 Å². The van der Waals surface area contributed by atoms with Crippen molar-refractivity contribution in [3.8, 4) is 0 Å². The van der Waals surface area contributed by atoms with Crippen LogP contribution in [0, 0.1) is 5.92 Å². The van der Waals surface area contributed by atoms with E-state index in [9.17, 15) is 4.79 Å². The molecule has 5 nitrogen and oxygen atoms in total. The first-order valence-electron chi connectivity index (χ1n) is 8.01. The van der Waals surface area contributed by atoms with Crippen LogP contribution >= 0.6 is 24.0 Å². The van der Waals surface area contributed by atoms with E-state index in [2.05, 4.69) is 39.6 Å². The summed E-state index contributed by atoms with van der Waals surface area (Å²) in [5.74, 6) is 1.31. The maximum absolute atomic E-state index is 11.6. The highest BCUT2D eigenvalue weighted by Crippen LogP contribution is 2.28. The van der Waals surface area contributed by atoms with E-state index >= 15 is 0 Å². The second-order valence-corrected chi connectivity index (χ2v) is 5.64. The molecule has 1 fully saturated rings. The number of hydrogen-bond acceptors (Lipinski definition) is 2. The number of rotatable bonds is 7. The van der Waals surface area contributed by atoms with E-state index in [0.29, 0.717) is 13.1 Å². The van der Waals surface area contributed by atoms with Crippen LogP contribution in [0.4, 0.5) is 0 Å². The summed E-state index contributed by atoms with van der Waals surface area (Å²) in [6, 6.07) is 10.3. The first kappa shape index (κ1) is 19.7. The van der Waals surface area contributed by atoms with Gasteiger partial charge in [0.1, 0.15) is 0 Å². The van der Waals surface area contributed by atoms with Gasteiger partial charge in [-0.1, -0.05) is 30.3 Å². The van der Waals surface area contributed by atoms with Crippen LogP contribution in [0.25, 0.3) is 0 Å². The van der Waals surface area contributed by atoms with Crippen LogP contribution in [0.5, 0.6) is 0 Å². The van der Waals surface area contributed by atoms with Crippen LogP contribution in [-0.2, 0) is 11.3 Å². The van der Waals surface area contributed by atoms with Crippen LogP contribution < -0.4 is 10.6 Å². The molecular weight excluding hydrogens is 403 g/mol. The average molecular weight is 430 g/mol. The molecule has 2 N–H and O–H groups in total. The van der Waals surface area contributed by atoms with E-state index < -0.39 is 0 Å². The summed E-state index contributed by atoms with van der Waals surface area (Å²) in [6.07, 6.45) is 2.08. The predicted molar refractivity (Wildman–Crippen MR) is 105 cm³/mol. The lowest BCUT2D eigenvalue weighted by Crippen LogP contribution is -2.39. The lowest BCUT2D eigenvalue weighted by atomic mass is 10.2. The largest absolute Gasteiger partial charge is 0.357 e. The molecule has 1 aliphatic carbocycles. The second kappa shape index (κ2) is 10.5. The number of carbonyl (C=O) groups excluding carboxylic acids is 1. The first-order valence-corrected chi connectivity index (χ1v) is 8.01. The van der Waals surface area contributed by atoms with Crippen molar-refractivity contribution in [2.75, 3.05) is 26.7 Å². The quantitative estimate of drug-likeness (QED) is 0.302. The monoisotopic (exact) mass is 430 g/mol. The average Bonchev–Trinajstić information content (AvgIpc) is 3.36. The van der Waals surface area contributed by atoms with Gasteiger partial charge in [0.15, 0.2) is 5.96 Å². The van der Waals surface area contributed by atoms with Gasteiger partial charge in [0, 0.05) is 32.6 Å². The first-order chi connectivity index (χ1) is 10.7. The van der Waals surface area contributed by atoms with Crippen LogP contribution in [0.15, 0.2) is 35.3 Å². The Morgan fingerprint density at radius 3 is 2.57 bits per heavy atom. The summed E-state index contributed by atoms with van der Waals surface area (Å²) in [7, 11) is 2.03. The van der Waals surface area contributed by atoms with Crippen molar-refractivity contribution >= 4 is 35.8 Å². The zero-order chi connectivity index (χ0) is 15.8. The minimum Gasteiger partial charge on any atom is -0.357 e. The van der Waals surface area contributed by atoms with Crippen LogP contribution in [0.2, 0.25) is 0 Å². The molecule has 0 atom stereocenters. The Hall–Kier alpha value is -1.31. The van der Waals surface area contributed by atoms with Gasteiger partial charge in [-0.05, 0) is 25.3 Å². The number of nitrogens with one attached hydrogen (secondary N) is 2. The van der Waals surface area contributed by atoms with Crippen molar-refractivity contribution in [1.82, 2.24) is 15.5 Å². The topological polar surface area (TPSA) is 56.7 Å². The maximum Gasteiger partial charge on any atom is 0.223 e. The van der Waals surface area contributed by atoms with Crippen LogP contribution in [0.3, 0.4) is 0 Å². The Balaban J connectivity index is 0.00000264. The fourth-order valence-electron chi connectivity index (χ4n) is 2.23. The lowest BCUT2D eigenvalue weighted by Gasteiger charge is -2.22. The fourth-order valence-corrected chi connectivity index (χ4v) is 2.23. The number of halogens is 1. The van der Waals surface area contributed by atoms with Gasteiger partial charge < -0.3 is 15.5 Å². The molecule has 6 heteroatoms. The number of guanidine groups is 1. The van der Waals surface area contributed by atoms with E-state index in [-0.39, 0.29) is 35.8 Å². The molecule has 0 aromatic heterocycles. The molecule has 0 heterocycles. The number of aliphatic imine (C=N–C) groups is 1. The van der Waals surface area contributed by atoms with E-state index in [0.717, 1.165) is 31.9 Å². The molecule has 128 valence electrons. The van der Waals surface area contributed by atoms with Gasteiger partial charge in [-0.25, -0.2) is 0 Å². The van der Waals surface area contributed by atoms with E-state index in [1.807, 2.05) is 25.2 Å². The molecule has 2 rings (SSSR count). The molecule has 23 heavy (non-hydrogen) atoms. The minimum atomic E-state index is 0. The Bertz CT molecular complexity index is 503. The van der Waals surface area contributed by atoms with Gasteiger partial charge in [-0.15, -0.1) is 24.0 Å². The third-order valence-corrected chi connectivity index (χ3v) is 3.58. The number of amides is 1. The van der Waals surface area contributed by atoms with Crippen molar-refractivity contribution < 1.29 is 4.79 Å². The summed E-state index contributed by atoms with van der Waals surface area (Å²) in [6.45, 7) is 4.89. The Kier molecular flexibility index (Phi) is 8.98. The van der Waals surface area contributed by atoms with Crippen molar-refractivity contribution in [3.63, 3.8) is 0 Å². The van der Waals surface area contributed by atoms with Crippen molar-refractivity contribution in [1.29, 1.82) is 0 Å². The normalized spacial score (nSPS) is 13.9. The summed E-state index contributed by atoms with van der Waals surface area (Å²) < 4.78 is 0. The Morgan fingerprint density at radius 1 is 1.26 bits per heavy atom. The molecule has 0 spiro atoms. The summed E-state index contributed by atoms with van der Waals surface area (Å²) >= 11 is 0. The third kappa shape index (κ3) is 7.20. The molecule has 1 amide bonds. The molecule has 0 radical (unpaired) electrons. The Morgan fingerprint density at radius 2 is 1.96 bits per heavy atom. The third-order valence-electron chi connectivity index (χ3n) is 3.58. The minimum absolute atomic E-state index is 0. The van der Waals surface area contributed by atoms with E-state index in [1.165, 1.54) is 5.56 Å². The highest BCUT2D eigenvalue weighted by atomic mass is 127. The lowest BCUT2D eigenvalue weighted by molar-refractivity contribution is -0.122. The van der Waals surface area contributed by atoms with E-state index in [4.69, 9.17) is 0 Å². The van der Waals surface area contributed by atoms with Crippen LogP contribution in [0.1, 0.15) is 25.3 Å². The SMILES string of the molecule is CCNC(=NCCNC(=O)C1CC1)N(C)Cc1ccccc1.I. The molecule has 0 saturated heterocycles. The van der Waals surface area contributed by atoms with Crippen molar-refractivity contribution in [2.24, 2.45) is 10.9 Å². The second-order valence-electron chi connectivity index (χ2n) is 5.64. The fraction of sp³-hybridized carbons (Fsp3) is 0.529. The molecule has 1 saturated carbocycles. The van der Waals surface area contributed by atoms with Gasteiger partial charge in [0.05, 0.1) is 6.54 Å². The number of benzene rings is 1. The zero-order valence-corrected chi connectivity index (χ0v) is 16.2. The molecule has 1 aromatic carbocycles. The molecular formula is C17H27IN4O. The molecule has 0 bridgehead atoms. The van der Waals surface area contributed by atoms with Gasteiger partial charge in [-0.2, -0.15) is 0 Å². The Labute approximate surface area is 156 Å². The molecule has 1 aliphatic rings. The maximum atomic E-state index is 11.6. The standard InChI is InChI=1S/C17H26N4O.HI/c1-3-18-17(20-12-11-19-16(22)15-9-10-15)21(2)13-14-7-5-4-6-8-14;/h4-8,15H,3,9-13H2,1-2H3,(H,18,20)(H,19,22);1H. The number of nitrogens with zero attached hydrogens (tertiary/aromatic N) is 2. The summed E-state index contributed by atoms with van der Waals surface area (Å²) in [5.41, 5.74) is 1.25. The summed E-state index contributed by atoms with van der Waals surface area (Å²) in [4.78, 5) is 18.2. The predicted octanol–water partition coefficient (Wildman–Crippen LogP) is 2.23. The molecule has 0 aliphatic heterocycles. The van der Waals surface area contributed by atoms with E-state index in [1.54, 1.807) is 0 Å². The van der Waals surface area contributed by atoms with Gasteiger partial charge in [0.25, 0.3) is 0 Å². The highest BCUT2D eigenvalue weighted by Gasteiger charge is 2.28. The number of carbonyl (C=O) groups is 1.